The van der Waals surface area contributed by atoms with Crippen LogP contribution in [0, 0.1) is 0 Å². The van der Waals surface area contributed by atoms with Gasteiger partial charge in [-0.1, -0.05) is 6.07 Å². The van der Waals surface area contributed by atoms with E-state index >= 15 is 0 Å². The fourth-order valence-corrected chi connectivity index (χ4v) is 2.97. The van der Waals surface area contributed by atoms with Crippen LogP contribution in [-0.4, -0.2) is 48.9 Å². The van der Waals surface area contributed by atoms with Gasteiger partial charge in [-0.2, -0.15) is 0 Å². The van der Waals surface area contributed by atoms with Crippen molar-refractivity contribution in [3.8, 4) is 11.5 Å². The molecule has 0 aromatic heterocycles. The van der Waals surface area contributed by atoms with Crippen molar-refractivity contribution >= 4 is 35.0 Å². The fraction of sp³-hybridized carbons (Fsp3) is 0.267. The van der Waals surface area contributed by atoms with Crippen LogP contribution >= 0.6 is 11.8 Å². The first-order valence-electron chi connectivity index (χ1n) is 6.80. The number of fused-ring (bicyclic) bond motifs is 1. The first-order chi connectivity index (χ1) is 11.1. The van der Waals surface area contributed by atoms with Crippen LogP contribution in [0.3, 0.4) is 0 Å². The van der Waals surface area contributed by atoms with Gasteiger partial charge in [0.05, 0.1) is 12.0 Å². The van der Waals surface area contributed by atoms with E-state index in [0.29, 0.717) is 30.3 Å². The SMILES string of the molecule is COC(=O)CN1C(=O)S/C(=C/c2ccc3c(c2)OCCO3)C1=O. The molecule has 0 spiro atoms. The molecule has 2 aliphatic heterocycles. The second-order valence-electron chi connectivity index (χ2n) is 4.75. The van der Waals surface area contributed by atoms with E-state index in [-0.39, 0.29) is 11.4 Å². The van der Waals surface area contributed by atoms with Crippen LogP contribution in [0.5, 0.6) is 11.5 Å². The van der Waals surface area contributed by atoms with Gasteiger partial charge < -0.3 is 14.2 Å². The zero-order valence-electron chi connectivity index (χ0n) is 12.2. The Morgan fingerprint density at radius 3 is 2.78 bits per heavy atom. The van der Waals surface area contributed by atoms with Crippen LogP contribution in [0.25, 0.3) is 6.08 Å². The van der Waals surface area contributed by atoms with E-state index in [4.69, 9.17) is 9.47 Å². The molecule has 1 saturated heterocycles. The Labute approximate surface area is 136 Å². The molecule has 3 rings (SSSR count). The first-order valence-corrected chi connectivity index (χ1v) is 7.62. The lowest BCUT2D eigenvalue weighted by molar-refractivity contribution is -0.143. The number of thioether (sulfide) groups is 1. The van der Waals surface area contributed by atoms with Crippen molar-refractivity contribution in [2.45, 2.75) is 0 Å². The molecule has 0 bridgehead atoms. The first kappa shape index (κ1) is 15.4. The molecule has 1 aromatic carbocycles. The van der Waals surface area contributed by atoms with Gasteiger partial charge in [-0.25, -0.2) is 0 Å². The third-order valence-corrected chi connectivity index (χ3v) is 4.16. The highest BCUT2D eigenvalue weighted by Crippen LogP contribution is 2.35. The largest absolute Gasteiger partial charge is 0.486 e. The summed E-state index contributed by atoms with van der Waals surface area (Å²) in [4.78, 5) is 36.4. The van der Waals surface area contributed by atoms with Crippen molar-refractivity contribution in [2.24, 2.45) is 0 Å². The van der Waals surface area contributed by atoms with Gasteiger partial charge in [-0.3, -0.25) is 19.3 Å². The molecule has 7 nitrogen and oxygen atoms in total. The predicted octanol–water partition coefficient (Wildman–Crippen LogP) is 1.67. The summed E-state index contributed by atoms with van der Waals surface area (Å²) in [6.07, 6.45) is 1.58. The molecule has 1 aromatic rings. The molecule has 1 fully saturated rings. The Hall–Kier alpha value is -2.48. The molecule has 8 heteroatoms. The molecule has 2 aliphatic rings. The van der Waals surface area contributed by atoms with Crippen LogP contribution < -0.4 is 9.47 Å². The molecule has 2 amide bonds. The van der Waals surface area contributed by atoms with Crippen molar-refractivity contribution in [1.82, 2.24) is 4.90 Å². The van der Waals surface area contributed by atoms with E-state index in [1.807, 2.05) is 0 Å². The number of carbonyl (C=O) groups excluding carboxylic acids is 3. The van der Waals surface area contributed by atoms with Crippen molar-refractivity contribution < 1.29 is 28.6 Å². The molecule has 23 heavy (non-hydrogen) atoms. The summed E-state index contributed by atoms with van der Waals surface area (Å²) in [5, 5.41) is -0.496. The van der Waals surface area contributed by atoms with Crippen LogP contribution in [0.1, 0.15) is 5.56 Å². The fourth-order valence-electron chi connectivity index (χ4n) is 2.13. The van der Waals surface area contributed by atoms with Crippen LogP contribution in [0.4, 0.5) is 4.79 Å². The second kappa shape index (κ2) is 6.33. The van der Waals surface area contributed by atoms with E-state index in [2.05, 4.69) is 4.74 Å². The molecule has 0 N–H and O–H groups in total. The Morgan fingerprint density at radius 1 is 1.30 bits per heavy atom. The maximum atomic E-state index is 12.2. The number of imide groups is 1. The quantitative estimate of drug-likeness (QED) is 0.614. The maximum absolute atomic E-state index is 12.2. The third kappa shape index (κ3) is 3.16. The molecular formula is C15H13NO6S. The highest BCUT2D eigenvalue weighted by atomic mass is 32.2. The second-order valence-corrected chi connectivity index (χ2v) is 5.74. The summed E-state index contributed by atoms with van der Waals surface area (Å²) in [5.74, 6) is 0.0825. The average molecular weight is 335 g/mol. The van der Waals surface area contributed by atoms with Crippen molar-refractivity contribution in [2.75, 3.05) is 26.9 Å². The van der Waals surface area contributed by atoms with E-state index in [0.717, 1.165) is 16.7 Å². The molecule has 0 unspecified atom stereocenters. The number of hydrogen-bond acceptors (Lipinski definition) is 7. The van der Waals surface area contributed by atoms with Crippen LogP contribution in [-0.2, 0) is 14.3 Å². The van der Waals surface area contributed by atoms with Gasteiger partial charge in [-0.05, 0) is 35.5 Å². The topological polar surface area (TPSA) is 82.1 Å². The van der Waals surface area contributed by atoms with Gasteiger partial charge >= 0.3 is 5.97 Å². The van der Waals surface area contributed by atoms with Gasteiger partial charge in [0.25, 0.3) is 11.1 Å². The van der Waals surface area contributed by atoms with Crippen molar-refractivity contribution in [1.29, 1.82) is 0 Å². The highest BCUT2D eigenvalue weighted by molar-refractivity contribution is 8.18. The molecule has 0 radical (unpaired) electrons. The number of benzene rings is 1. The van der Waals surface area contributed by atoms with Gasteiger partial charge in [0.1, 0.15) is 19.8 Å². The number of rotatable bonds is 3. The summed E-state index contributed by atoms with van der Waals surface area (Å²) in [6.45, 7) is 0.574. The molecular weight excluding hydrogens is 322 g/mol. The van der Waals surface area contributed by atoms with E-state index in [1.165, 1.54) is 7.11 Å². The lowest BCUT2D eigenvalue weighted by Gasteiger charge is -2.18. The molecule has 0 atom stereocenters. The van der Waals surface area contributed by atoms with E-state index < -0.39 is 17.1 Å². The molecule has 120 valence electrons. The Bertz CT molecular complexity index is 714. The zero-order valence-corrected chi connectivity index (χ0v) is 13.1. The number of methoxy groups -OCH3 is 1. The van der Waals surface area contributed by atoms with Crippen molar-refractivity contribution in [3.63, 3.8) is 0 Å². The Morgan fingerprint density at radius 2 is 2.04 bits per heavy atom. The lowest BCUT2D eigenvalue weighted by Crippen LogP contribution is -2.34. The number of nitrogens with zero attached hydrogens (tertiary/aromatic N) is 1. The van der Waals surface area contributed by atoms with Gasteiger partial charge in [0, 0.05) is 0 Å². The Balaban J connectivity index is 1.81. The third-order valence-electron chi connectivity index (χ3n) is 3.25. The number of hydrogen-bond donors (Lipinski definition) is 0. The van der Waals surface area contributed by atoms with Crippen molar-refractivity contribution in [3.05, 3.63) is 28.7 Å². The number of ether oxygens (including phenoxy) is 3. The summed E-state index contributed by atoms with van der Waals surface area (Å²) in [6, 6.07) is 5.25. The molecule has 0 aliphatic carbocycles. The van der Waals surface area contributed by atoms with Gasteiger partial charge in [-0.15, -0.1) is 0 Å². The smallest absolute Gasteiger partial charge is 0.325 e. The average Bonchev–Trinajstić information content (AvgIpc) is 2.82. The van der Waals surface area contributed by atoms with Gasteiger partial charge in [0.2, 0.25) is 0 Å². The lowest BCUT2D eigenvalue weighted by atomic mass is 10.1. The van der Waals surface area contributed by atoms with Crippen LogP contribution in [0.15, 0.2) is 23.1 Å². The standard InChI is InChI=1S/C15H13NO6S/c1-20-13(17)8-16-14(18)12(23-15(16)19)7-9-2-3-10-11(6-9)22-5-4-21-10/h2-3,6-7H,4-5,8H2,1H3/b12-7+. The summed E-state index contributed by atoms with van der Waals surface area (Å²) < 4.78 is 15.4. The van der Waals surface area contributed by atoms with E-state index in [9.17, 15) is 14.4 Å². The maximum Gasteiger partial charge on any atom is 0.325 e. The predicted molar refractivity (Wildman–Crippen MR) is 82.1 cm³/mol. The number of esters is 1. The monoisotopic (exact) mass is 335 g/mol. The summed E-state index contributed by atoms with van der Waals surface area (Å²) in [5.41, 5.74) is 0.706. The van der Waals surface area contributed by atoms with Crippen LogP contribution in [0.2, 0.25) is 0 Å². The number of amides is 2. The minimum Gasteiger partial charge on any atom is -0.486 e. The van der Waals surface area contributed by atoms with E-state index in [1.54, 1.807) is 24.3 Å². The molecule has 2 heterocycles. The zero-order chi connectivity index (χ0) is 16.4. The van der Waals surface area contributed by atoms with Gasteiger partial charge in [0.15, 0.2) is 11.5 Å². The molecule has 0 saturated carbocycles. The normalized spacial score (nSPS) is 18.5. The summed E-state index contributed by atoms with van der Waals surface area (Å²) >= 11 is 0.785. The minimum atomic E-state index is -0.645. The number of carbonyl (C=O) groups is 3. The Kier molecular flexibility index (Phi) is 4.24. The highest BCUT2D eigenvalue weighted by Gasteiger charge is 2.36. The minimum absolute atomic E-state index is 0.246. The summed E-state index contributed by atoms with van der Waals surface area (Å²) in [7, 11) is 1.20.